The van der Waals surface area contributed by atoms with Crippen LogP contribution in [0.3, 0.4) is 0 Å². The van der Waals surface area contributed by atoms with Gasteiger partial charge in [-0.15, -0.1) is 11.8 Å². The number of hydrogen-bond donors (Lipinski definition) is 3. The Morgan fingerprint density at radius 1 is 0.739 bits per heavy atom. The molecular weight excluding hydrogens is 614 g/mol. The SMILES string of the molecule is Cc1cccc(/C=C(/NC(=O)c2ccccc2)C(=O)Nc2cccc(SC(C(=O)Nc3cccc(Cl)c3C)c3ccccc3)c2)c1. The molecule has 3 N–H and O–H groups in total. The van der Waals surface area contributed by atoms with E-state index in [2.05, 4.69) is 16.0 Å². The summed E-state index contributed by atoms with van der Waals surface area (Å²) in [6.07, 6.45) is 1.65. The molecule has 0 aliphatic rings. The number of hydrogen-bond acceptors (Lipinski definition) is 4. The minimum Gasteiger partial charge on any atom is -0.325 e. The second kappa shape index (κ2) is 15.3. The van der Waals surface area contributed by atoms with Crippen LogP contribution in [-0.4, -0.2) is 17.7 Å². The van der Waals surface area contributed by atoms with E-state index in [1.54, 1.807) is 54.6 Å². The predicted octanol–water partition coefficient (Wildman–Crippen LogP) is 8.84. The average molecular weight is 646 g/mol. The van der Waals surface area contributed by atoms with Gasteiger partial charge in [-0.3, -0.25) is 14.4 Å². The van der Waals surface area contributed by atoms with Gasteiger partial charge in [0.05, 0.1) is 0 Å². The van der Waals surface area contributed by atoms with Crippen LogP contribution >= 0.6 is 23.4 Å². The summed E-state index contributed by atoms with van der Waals surface area (Å²) in [6.45, 7) is 3.82. The summed E-state index contributed by atoms with van der Waals surface area (Å²) in [4.78, 5) is 41.1. The van der Waals surface area contributed by atoms with E-state index in [0.717, 1.165) is 27.1 Å². The molecular formula is C38H32ClN3O3S. The quantitative estimate of drug-likeness (QED) is 0.105. The van der Waals surface area contributed by atoms with Gasteiger partial charge in [-0.25, -0.2) is 0 Å². The molecule has 0 fully saturated rings. The lowest BCUT2D eigenvalue weighted by atomic mass is 10.1. The molecule has 0 bridgehead atoms. The molecule has 0 aliphatic carbocycles. The van der Waals surface area contributed by atoms with E-state index < -0.39 is 17.1 Å². The van der Waals surface area contributed by atoms with Gasteiger partial charge in [0.1, 0.15) is 10.9 Å². The van der Waals surface area contributed by atoms with Crippen molar-refractivity contribution in [3.05, 3.63) is 166 Å². The molecule has 5 aromatic rings. The van der Waals surface area contributed by atoms with E-state index in [1.807, 2.05) is 92.7 Å². The molecule has 0 aliphatic heterocycles. The Hall–Kier alpha value is -5.11. The highest BCUT2D eigenvalue weighted by molar-refractivity contribution is 8.00. The third-order valence-electron chi connectivity index (χ3n) is 7.09. The van der Waals surface area contributed by atoms with Gasteiger partial charge in [0.2, 0.25) is 5.91 Å². The number of halogens is 1. The lowest BCUT2D eigenvalue weighted by Crippen LogP contribution is -2.30. The Balaban J connectivity index is 1.38. The fourth-order valence-corrected chi connectivity index (χ4v) is 5.95. The molecule has 0 spiro atoms. The van der Waals surface area contributed by atoms with Gasteiger partial charge in [-0.1, -0.05) is 102 Å². The van der Waals surface area contributed by atoms with Crippen LogP contribution in [0, 0.1) is 13.8 Å². The highest BCUT2D eigenvalue weighted by Gasteiger charge is 2.23. The summed E-state index contributed by atoms with van der Waals surface area (Å²) in [7, 11) is 0. The van der Waals surface area contributed by atoms with E-state index in [-0.39, 0.29) is 11.6 Å². The zero-order chi connectivity index (χ0) is 32.5. The maximum absolute atomic E-state index is 13.7. The van der Waals surface area contributed by atoms with Crippen molar-refractivity contribution < 1.29 is 14.4 Å². The topological polar surface area (TPSA) is 87.3 Å². The van der Waals surface area contributed by atoms with Gasteiger partial charge >= 0.3 is 0 Å². The first kappa shape index (κ1) is 32.3. The van der Waals surface area contributed by atoms with Gasteiger partial charge in [0, 0.05) is 26.9 Å². The molecule has 0 saturated heterocycles. The first-order valence-corrected chi connectivity index (χ1v) is 15.9. The Bertz CT molecular complexity index is 1890. The number of rotatable bonds is 10. The van der Waals surface area contributed by atoms with Crippen molar-refractivity contribution in [1.82, 2.24) is 5.32 Å². The van der Waals surface area contributed by atoms with Crippen molar-refractivity contribution in [3.63, 3.8) is 0 Å². The molecule has 5 aromatic carbocycles. The summed E-state index contributed by atoms with van der Waals surface area (Å²) >= 11 is 7.66. The van der Waals surface area contributed by atoms with E-state index in [1.165, 1.54) is 11.8 Å². The number of amides is 3. The predicted molar refractivity (Wildman–Crippen MR) is 188 cm³/mol. The smallest absolute Gasteiger partial charge is 0.272 e. The molecule has 0 heterocycles. The molecule has 46 heavy (non-hydrogen) atoms. The van der Waals surface area contributed by atoms with Crippen LogP contribution in [0.15, 0.2) is 138 Å². The highest BCUT2D eigenvalue weighted by atomic mass is 35.5. The number of anilines is 2. The Labute approximate surface area is 277 Å². The van der Waals surface area contributed by atoms with Gasteiger partial charge < -0.3 is 16.0 Å². The second-order valence-electron chi connectivity index (χ2n) is 10.6. The summed E-state index contributed by atoms with van der Waals surface area (Å²) in [5.41, 5.74) is 5.09. The first-order valence-electron chi connectivity index (χ1n) is 14.6. The summed E-state index contributed by atoms with van der Waals surface area (Å²) in [5.74, 6) is -1.09. The Kier molecular flexibility index (Phi) is 10.7. The molecule has 6 nitrogen and oxygen atoms in total. The molecule has 3 amide bonds. The summed E-state index contributed by atoms with van der Waals surface area (Å²) in [6, 6.07) is 38.5. The van der Waals surface area contributed by atoms with Crippen molar-refractivity contribution in [3.8, 4) is 0 Å². The zero-order valence-corrected chi connectivity index (χ0v) is 26.9. The second-order valence-corrected chi connectivity index (χ2v) is 12.2. The van der Waals surface area contributed by atoms with E-state index in [9.17, 15) is 14.4 Å². The number of aryl methyl sites for hydroxylation is 1. The van der Waals surface area contributed by atoms with Crippen molar-refractivity contribution in [1.29, 1.82) is 0 Å². The minimum absolute atomic E-state index is 0.0935. The molecule has 1 atom stereocenters. The third kappa shape index (κ3) is 8.53. The van der Waals surface area contributed by atoms with Crippen LogP contribution in [0.25, 0.3) is 6.08 Å². The molecule has 0 saturated carbocycles. The van der Waals surface area contributed by atoms with Crippen molar-refractivity contribution in [2.45, 2.75) is 24.0 Å². The van der Waals surface area contributed by atoms with Crippen LogP contribution in [0.1, 0.15) is 37.9 Å². The van der Waals surface area contributed by atoms with Crippen molar-refractivity contribution in [2.75, 3.05) is 10.6 Å². The van der Waals surface area contributed by atoms with Gasteiger partial charge in [-0.2, -0.15) is 0 Å². The van der Waals surface area contributed by atoms with Crippen molar-refractivity contribution in [2.24, 2.45) is 0 Å². The Morgan fingerprint density at radius 2 is 1.43 bits per heavy atom. The fraction of sp³-hybridized carbons (Fsp3) is 0.0789. The van der Waals surface area contributed by atoms with Gasteiger partial charge in [-0.05, 0) is 79.1 Å². The van der Waals surface area contributed by atoms with Gasteiger partial charge in [0.15, 0.2) is 0 Å². The van der Waals surface area contributed by atoms with Crippen LogP contribution in [0.2, 0.25) is 5.02 Å². The average Bonchev–Trinajstić information content (AvgIpc) is 3.06. The fourth-order valence-electron chi connectivity index (χ4n) is 4.69. The van der Waals surface area contributed by atoms with E-state index in [0.29, 0.717) is 22.0 Å². The number of nitrogens with one attached hydrogen (secondary N) is 3. The lowest BCUT2D eigenvalue weighted by molar-refractivity contribution is -0.116. The number of thioether (sulfide) groups is 1. The maximum atomic E-state index is 13.7. The standard InChI is InChI=1S/C38H32ClN3O3S/c1-25-12-9-13-27(22-25)23-34(42-36(43)29-16-7-4-8-17-29)37(44)40-30-18-10-19-31(24-30)46-35(28-14-5-3-6-15-28)38(45)41-33-21-11-20-32(39)26(33)2/h3-24,35H,1-2H3,(H,40,44)(H,41,45)(H,42,43)/b34-23+. The van der Waals surface area contributed by atoms with E-state index in [4.69, 9.17) is 11.6 Å². The highest BCUT2D eigenvalue weighted by Crippen LogP contribution is 2.38. The number of benzene rings is 5. The number of carbonyl (C=O) groups is 3. The normalized spacial score (nSPS) is 11.8. The zero-order valence-electron chi connectivity index (χ0n) is 25.3. The lowest BCUT2D eigenvalue weighted by Gasteiger charge is -2.19. The number of carbonyl (C=O) groups excluding carboxylic acids is 3. The summed E-state index contributed by atoms with van der Waals surface area (Å²) < 4.78 is 0. The van der Waals surface area contributed by atoms with Crippen LogP contribution < -0.4 is 16.0 Å². The molecule has 5 rings (SSSR count). The Morgan fingerprint density at radius 3 is 2.17 bits per heavy atom. The third-order valence-corrected chi connectivity index (χ3v) is 8.75. The van der Waals surface area contributed by atoms with Gasteiger partial charge in [0.25, 0.3) is 11.8 Å². The monoisotopic (exact) mass is 645 g/mol. The van der Waals surface area contributed by atoms with Crippen LogP contribution in [0.4, 0.5) is 11.4 Å². The molecule has 0 radical (unpaired) electrons. The van der Waals surface area contributed by atoms with Crippen LogP contribution in [-0.2, 0) is 9.59 Å². The van der Waals surface area contributed by atoms with Crippen molar-refractivity contribution >= 4 is 58.5 Å². The minimum atomic E-state index is -0.590. The molecule has 230 valence electrons. The maximum Gasteiger partial charge on any atom is 0.272 e. The van der Waals surface area contributed by atoms with Crippen LogP contribution in [0.5, 0.6) is 0 Å². The largest absolute Gasteiger partial charge is 0.325 e. The first-order chi connectivity index (χ1) is 22.3. The van der Waals surface area contributed by atoms with E-state index >= 15 is 0 Å². The molecule has 8 heteroatoms. The molecule has 1 unspecified atom stereocenters. The summed E-state index contributed by atoms with van der Waals surface area (Å²) in [5, 5.41) is 8.71. The molecule has 0 aromatic heterocycles.